The van der Waals surface area contributed by atoms with Crippen molar-refractivity contribution in [1.82, 2.24) is 0 Å². The molecule has 19 heteroatoms. The van der Waals surface area contributed by atoms with E-state index < -0.39 is 97.5 Å². The van der Waals surface area contributed by atoms with Gasteiger partial charge in [0, 0.05) is 25.7 Å². The van der Waals surface area contributed by atoms with E-state index in [1.165, 1.54) is 180 Å². The molecule has 0 fully saturated rings. The molecular weight excluding hydrogens is 1170 g/mol. The lowest BCUT2D eigenvalue weighted by atomic mass is 9.99. The normalized spacial score (nSPS) is 14.4. The highest BCUT2D eigenvalue weighted by atomic mass is 31.2. The van der Waals surface area contributed by atoms with Crippen molar-refractivity contribution in [3.05, 3.63) is 0 Å². The van der Waals surface area contributed by atoms with Crippen molar-refractivity contribution < 1.29 is 80.2 Å². The molecule has 6 atom stereocenters. The summed E-state index contributed by atoms with van der Waals surface area (Å²) < 4.78 is 68.1. The van der Waals surface area contributed by atoms with Crippen LogP contribution >= 0.6 is 15.6 Å². The lowest BCUT2D eigenvalue weighted by molar-refractivity contribution is -0.161. The number of aliphatic hydroxyl groups is 1. The molecule has 0 heterocycles. The number of ether oxygens (including phenoxy) is 4. The van der Waals surface area contributed by atoms with Gasteiger partial charge >= 0.3 is 39.5 Å². The molecule has 0 aromatic carbocycles. The summed E-state index contributed by atoms with van der Waals surface area (Å²) in [6.07, 6.45) is 50.2. The first-order valence-corrected chi connectivity index (χ1v) is 39.7. The SMILES string of the molecule is CCCCCCCCCCCCCCCCC(=O)OC[C@H](COP(=O)(O)OC[C@@H](O)COP(=O)(O)OC[C@@H](COC(=O)CCCCCCC)OC(=O)CCCCCCCCCCCCCC)OC(=O)CCCCCCCCCCCCCCCCC(C)CC. The Balaban J connectivity index is 5.15. The minimum absolute atomic E-state index is 0.107. The highest BCUT2D eigenvalue weighted by Gasteiger charge is 2.30. The standard InChI is InChI=1S/C70H136O17P2/c1-6-10-13-16-18-20-22-24-28-32-35-39-44-49-54-68(73)81-60-66(87-70(75)56-51-46-41-37-33-29-26-25-27-30-34-38-43-47-52-63(5)9-4)62-85-89(78,79)83-58-64(71)57-82-88(76,77)84-61-65(59-80-67(72)53-48-42-15-12-8-3)86-69(74)55-50-45-40-36-31-23-21-19-17-14-11-7-2/h63-66,71H,6-62H2,1-5H3,(H,76,77)(H,78,79)/t63?,64-,65+,66+/m0/s1. The zero-order valence-electron chi connectivity index (χ0n) is 57.6. The van der Waals surface area contributed by atoms with Crippen molar-refractivity contribution in [2.45, 2.75) is 380 Å². The molecule has 0 aliphatic carbocycles. The third kappa shape index (κ3) is 63.2. The highest BCUT2D eigenvalue weighted by Crippen LogP contribution is 2.45. The molecule has 89 heavy (non-hydrogen) atoms. The van der Waals surface area contributed by atoms with Crippen LogP contribution in [0.1, 0.15) is 362 Å². The van der Waals surface area contributed by atoms with Crippen molar-refractivity contribution >= 4 is 39.5 Å². The maximum absolute atomic E-state index is 13.0. The van der Waals surface area contributed by atoms with E-state index in [0.29, 0.717) is 25.7 Å². The third-order valence-corrected chi connectivity index (χ3v) is 18.5. The quantitative estimate of drug-likeness (QED) is 0.0222. The summed E-state index contributed by atoms with van der Waals surface area (Å²) >= 11 is 0. The van der Waals surface area contributed by atoms with Gasteiger partial charge in [0.1, 0.15) is 19.3 Å². The van der Waals surface area contributed by atoms with Crippen LogP contribution in [0.3, 0.4) is 0 Å². The fraction of sp³-hybridized carbons (Fsp3) is 0.943. The second kappa shape index (κ2) is 63.5. The smallest absolute Gasteiger partial charge is 0.462 e. The summed E-state index contributed by atoms with van der Waals surface area (Å²) in [6.45, 7) is 7.22. The summed E-state index contributed by atoms with van der Waals surface area (Å²) in [5.74, 6) is -1.29. The summed E-state index contributed by atoms with van der Waals surface area (Å²) in [5, 5.41) is 10.6. The zero-order chi connectivity index (χ0) is 65.6. The van der Waals surface area contributed by atoms with Gasteiger partial charge in [0.05, 0.1) is 26.4 Å². The maximum Gasteiger partial charge on any atom is 0.472 e. The highest BCUT2D eigenvalue weighted by molar-refractivity contribution is 7.47. The zero-order valence-corrected chi connectivity index (χ0v) is 59.4. The van der Waals surface area contributed by atoms with E-state index in [4.69, 9.17) is 37.0 Å². The molecule has 0 spiro atoms. The first-order valence-electron chi connectivity index (χ1n) is 36.7. The average Bonchev–Trinajstić information content (AvgIpc) is 3.61. The predicted molar refractivity (Wildman–Crippen MR) is 358 cm³/mol. The molecule has 0 amide bonds. The van der Waals surface area contributed by atoms with Gasteiger partial charge in [-0.2, -0.15) is 0 Å². The fourth-order valence-electron chi connectivity index (χ4n) is 10.6. The van der Waals surface area contributed by atoms with E-state index in [1.807, 2.05) is 0 Å². The van der Waals surface area contributed by atoms with Crippen LogP contribution in [0.4, 0.5) is 0 Å². The number of esters is 4. The Morgan fingerprint density at radius 2 is 0.539 bits per heavy atom. The van der Waals surface area contributed by atoms with E-state index in [-0.39, 0.29) is 25.7 Å². The lowest BCUT2D eigenvalue weighted by Gasteiger charge is -2.21. The molecule has 0 saturated carbocycles. The van der Waals surface area contributed by atoms with Gasteiger partial charge in [0.2, 0.25) is 0 Å². The number of unbranched alkanes of at least 4 members (excludes halogenated alkanes) is 41. The predicted octanol–water partition coefficient (Wildman–Crippen LogP) is 20.1. The Kier molecular flexibility index (Phi) is 62.1. The first kappa shape index (κ1) is 87.1. The van der Waals surface area contributed by atoms with Crippen LogP contribution in [0.25, 0.3) is 0 Å². The molecule has 0 aliphatic rings. The molecule has 0 saturated heterocycles. The minimum Gasteiger partial charge on any atom is -0.462 e. The maximum atomic E-state index is 13.0. The largest absolute Gasteiger partial charge is 0.472 e. The molecule has 0 bridgehead atoms. The summed E-state index contributed by atoms with van der Waals surface area (Å²) in [4.78, 5) is 72.3. The fourth-order valence-corrected chi connectivity index (χ4v) is 12.2. The molecule has 0 aliphatic heterocycles. The third-order valence-electron chi connectivity index (χ3n) is 16.6. The van der Waals surface area contributed by atoms with Gasteiger partial charge < -0.3 is 33.8 Å². The van der Waals surface area contributed by atoms with Crippen molar-refractivity contribution in [2.24, 2.45) is 5.92 Å². The molecule has 0 aromatic heterocycles. The number of carbonyl (C=O) groups excluding carboxylic acids is 4. The second-order valence-corrected chi connectivity index (χ2v) is 28.4. The van der Waals surface area contributed by atoms with E-state index in [0.717, 1.165) is 102 Å². The van der Waals surface area contributed by atoms with E-state index in [2.05, 4.69) is 34.6 Å². The van der Waals surface area contributed by atoms with Gasteiger partial charge in [0.25, 0.3) is 0 Å². The number of phosphoric acid groups is 2. The number of phosphoric ester groups is 2. The van der Waals surface area contributed by atoms with Crippen molar-refractivity contribution in [2.75, 3.05) is 39.6 Å². The van der Waals surface area contributed by atoms with Crippen LogP contribution in [-0.4, -0.2) is 96.7 Å². The van der Waals surface area contributed by atoms with Crippen molar-refractivity contribution in [1.29, 1.82) is 0 Å². The average molecular weight is 1310 g/mol. The Morgan fingerprint density at radius 1 is 0.315 bits per heavy atom. The number of hydrogen-bond acceptors (Lipinski definition) is 15. The number of carbonyl (C=O) groups is 4. The van der Waals surface area contributed by atoms with Crippen LogP contribution in [0.5, 0.6) is 0 Å². The van der Waals surface area contributed by atoms with Crippen molar-refractivity contribution in [3.8, 4) is 0 Å². The van der Waals surface area contributed by atoms with Gasteiger partial charge in [-0.3, -0.25) is 37.3 Å². The van der Waals surface area contributed by atoms with E-state index in [1.54, 1.807) is 0 Å². The number of aliphatic hydroxyl groups excluding tert-OH is 1. The monoisotopic (exact) mass is 1310 g/mol. The molecule has 3 N–H and O–H groups in total. The van der Waals surface area contributed by atoms with Gasteiger partial charge in [-0.15, -0.1) is 0 Å². The lowest BCUT2D eigenvalue weighted by Crippen LogP contribution is -2.30. The first-order chi connectivity index (χ1) is 43.1. The number of hydrogen-bond donors (Lipinski definition) is 3. The van der Waals surface area contributed by atoms with Gasteiger partial charge in [-0.25, -0.2) is 9.13 Å². The molecule has 3 unspecified atom stereocenters. The van der Waals surface area contributed by atoms with Crippen LogP contribution < -0.4 is 0 Å². The van der Waals surface area contributed by atoms with Crippen LogP contribution in [0.15, 0.2) is 0 Å². The Labute approximate surface area is 543 Å². The molecule has 528 valence electrons. The molecule has 17 nitrogen and oxygen atoms in total. The molecule has 0 aromatic rings. The summed E-state index contributed by atoms with van der Waals surface area (Å²) in [6, 6.07) is 0. The Morgan fingerprint density at radius 3 is 0.798 bits per heavy atom. The van der Waals surface area contributed by atoms with Gasteiger partial charge in [0.15, 0.2) is 12.2 Å². The summed E-state index contributed by atoms with van der Waals surface area (Å²) in [5.41, 5.74) is 0. The van der Waals surface area contributed by atoms with Gasteiger partial charge in [-0.1, -0.05) is 311 Å². The van der Waals surface area contributed by atoms with Crippen LogP contribution in [0, 0.1) is 5.92 Å². The second-order valence-electron chi connectivity index (χ2n) is 25.5. The van der Waals surface area contributed by atoms with Crippen LogP contribution in [-0.2, 0) is 65.4 Å². The van der Waals surface area contributed by atoms with Crippen molar-refractivity contribution in [3.63, 3.8) is 0 Å². The minimum atomic E-state index is -4.95. The van der Waals surface area contributed by atoms with Crippen LogP contribution in [0.2, 0.25) is 0 Å². The molecule has 0 rings (SSSR count). The molecular formula is C70H136O17P2. The Bertz CT molecular complexity index is 1720. The Hall–Kier alpha value is -1.94. The topological polar surface area (TPSA) is 237 Å². The molecule has 0 radical (unpaired) electrons. The summed E-state index contributed by atoms with van der Waals surface area (Å²) in [7, 11) is -9.89. The van der Waals surface area contributed by atoms with E-state index in [9.17, 15) is 43.2 Å². The van der Waals surface area contributed by atoms with E-state index >= 15 is 0 Å². The number of rotatable bonds is 70. The van der Waals surface area contributed by atoms with Gasteiger partial charge in [-0.05, 0) is 31.6 Å².